The van der Waals surface area contributed by atoms with Crippen molar-refractivity contribution in [2.75, 3.05) is 5.32 Å². The maximum Gasteiger partial charge on any atom is 0.335 e. The van der Waals surface area contributed by atoms with Crippen LogP contribution in [-0.2, 0) is 0 Å². The fourth-order valence-electron chi connectivity index (χ4n) is 1.67. The first-order valence-electron chi connectivity index (χ1n) is 5.79. The third-order valence-electron chi connectivity index (χ3n) is 2.63. The zero-order chi connectivity index (χ0) is 13.9. The van der Waals surface area contributed by atoms with Crippen molar-refractivity contribution in [3.05, 3.63) is 48.2 Å². The van der Waals surface area contributed by atoms with Crippen molar-refractivity contribution >= 4 is 17.6 Å². The van der Waals surface area contributed by atoms with Crippen LogP contribution in [0.2, 0.25) is 0 Å². The Morgan fingerprint density at radius 1 is 1.25 bits per heavy atom. The number of aromatic carboxylic acids is 1. The fraction of sp³-hybridized carbons (Fsp3) is 0. The minimum Gasteiger partial charge on any atom is -0.478 e. The molecule has 0 saturated carbocycles. The van der Waals surface area contributed by atoms with Gasteiger partial charge in [-0.1, -0.05) is 0 Å². The van der Waals surface area contributed by atoms with Gasteiger partial charge in [0.05, 0.1) is 11.8 Å². The Kier molecular flexibility index (Phi) is 2.92. The molecule has 100 valence electrons. The lowest BCUT2D eigenvalue weighted by atomic mass is 10.2. The minimum atomic E-state index is -0.963. The average Bonchev–Trinajstić information content (AvgIpc) is 3.09. The number of aromatic amines is 1. The van der Waals surface area contributed by atoms with Crippen molar-refractivity contribution in [1.82, 2.24) is 15.2 Å². The smallest absolute Gasteiger partial charge is 0.335 e. The highest BCUT2D eigenvalue weighted by Crippen LogP contribution is 2.18. The summed E-state index contributed by atoms with van der Waals surface area (Å²) in [6, 6.07) is 9.83. The van der Waals surface area contributed by atoms with E-state index < -0.39 is 5.97 Å². The topological polar surface area (TPSA) is 104 Å². The summed E-state index contributed by atoms with van der Waals surface area (Å²) in [4.78, 5) is 15.0. The number of aromatic nitrogens is 3. The Bertz CT molecular complexity index is 716. The van der Waals surface area contributed by atoms with Crippen LogP contribution in [0.1, 0.15) is 10.4 Å². The van der Waals surface area contributed by atoms with E-state index in [9.17, 15) is 4.79 Å². The number of nitrogens with one attached hydrogen (secondary N) is 2. The molecule has 7 heteroatoms. The number of anilines is 2. The maximum absolute atomic E-state index is 10.7. The van der Waals surface area contributed by atoms with E-state index in [-0.39, 0.29) is 5.56 Å². The highest BCUT2D eigenvalue weighted by Gasteiger charge is 2.08. The number of rotatable bonds is 4. The monoisotopic (exact) mass is 270 g/mol. The number of furan rings is 1. The Labute approximate surface area is 113 Å². The van der Waals surface area contributed by atoms with Gasteiger partial charge in [0.2, 0.25) is 5.95 Å². The summed E-state index contributed by atoms with van der Waals surface area (Å²) in [6.45, 7) is 0. The molecule has 1 aromatic carbocycles. The van der Waals surface area contributed by atoms with Crippen LogP contribution in [0, 0.1) is 0 Å². The summed E-state index contributed by atoms with van der Waals surface area (Å²) in [5.41, 5.74) is 0.918. The molecule has 2 heterocycles. The van der Waals surface area contributed by atoms with Crippen LogP contribution >= 0.6 is 0 Å². The minimum absolute atomic E-state index is 0.224. The molecule has 0 fully saturated rings. The number of hydrogen-bond donors (Lipinski definition) is 3. The Morgan fingerprint density at radius 3 is 2.70 bits per heavy atom. The van der Waals surface area contributed by atoms with E-state index in [1.807, 2.05) is 0 Å². The van der Waals surface area contributed by atoms with Crippen LogP contribution in [0.3, 0.4) is 0 Å². The highest BCUT2D eigenvalue weighted by molar-refractivity contribution is 5.88. The summed E-state index contributed by atoms with van der Waals surface area (Å²) in [6.07, 6.45) is 1.55. The molecule has 0 amide bonds. The van der Waals surface area contributed by atoms with Gasteiger partial charge in [0, 0.05) is 5.69 Å². The Balaban J connectivity index is 1.76. The summed E-state index contributed by atoms with van der Waals surface area (Å²) >= 11 is 0. The second-order valence-corrected chi connectivity index (χ2v) is 3.99. The largest absolute Gasteiger partial charge is 0.478 e. The second-order valence-electron chi connectivity index (χ2n) is 3.99. The lowest BCUT2D eigenvalue weighted by Gasteiger charge is -2.01. The van der Waals surface area contributed by atoms with Crippen molar-refractivity contribution in [3.8, 4) is 11.6 Å². The van der Waals surface area contributed by atoms with Gasteiger partial charge in [-0.05, 0) is 36.4 Å². The van der Waals surface area contributed by atoms with E-state index in [1.54, 1.807) is 30.5 Å². The summed E-state index contributed by atoms with van der Waals surface area (Å²) < 4.78 is 5.20. The fourth-order valence-corrected chi connectivity index (χ4v) is 1.67. The molecule has 2 aromatic heterocycles. The zero-order valence-corrected chi connectivity index (χ0v) is 10.2. The number of carboxylic acids is 1. The summed E-state index contributed by atoms with van der Waals surface area (Å²) in [5, 5.41) is 18.5. The van der Waals surface area contributed by atoms with Gasteiger partial charge >= 0.3 is 5.97 Å². The molecule has 0 aliphatic heterocycles. The summed E-state index contributed by atoms with van der Waals surface area (Å²) in [5.74, 6) is 0.514. The number of hydrogen-bond acceptors (Lipinski definition) is 5. The molecular formula is C13H10N4O3. The Hall–Kier alpha value is -3.09. The van der Waals surface area contributed by atoms with E-state index in [0.717, 1.165) is 0 Å². The lowest BCUT2D eigenvalue weighted by molar-refractivity contribution is 0.0697. The molecule has 0 aliphatic rings. The van der Waals surface area contributed by atoms with Gasteiger partial charge < -0.3 is 14.8 Å². The van der Waals surface area contributed by atoms with Crippen LogP contribution in [-0.4, -0.2) is 26.3 Å². The predicted octanol–water partition coefficient (Wildman–Crippen LogP) is 2.51. The molecule has 0 bridgehead atoms. The molecule has 0 radical (unpaired) electrons. The molecule has 7 nitrogen and oxygen atoms in total. The van der Waals surface area contributed by atoms with Gasteiger partial charge in [0.1, 0.15) is 0 Å². The van der Waals surface area contributed by atoms with Gasteiger partial charge in [0.15, 0.2) is 11.6 Å². The number of H-pyrrole nitrogens is 1. The molecule has 0 unspecified atom stereocenters. The van der Waals surface area contributed by atoms with Crippen molar-refractivity contribution in [3.63, 3.8) is 0 Å². The molecule has 0 aliphatic carbocycles. The number of nitrogens with zero attached hydrogens (tertiary/aromatic N) is 2. The number of benzene rings is 1. The van der Waals surface area contributed by atoms with E-state index >= 15 is 0 Å². The average molecular weight is 270 g/mol. The van der Waals surface area contributed by atoms with Crippen molar-refractivity contribution in [1.29, 1.82) is 0 Å². The molecule has 0 spiro atoms. The first-order valence-corrected chi connectivity index (χ1v) is 5.79. The van der Waals surface area contributed by atoms with Gasteiger partial charge in [-0.2, -0.15) is 4.98 Å². The number of carboxylic acid groups (broad SMARTS) is 1. The third kappa shape index (κ3) is 2.37. The van der Waals surface area contributed by atoms with E-state index in [2.05, 4.69) is 20.5 Å². The Morgan fingerprint density at radius 2 is 2.05 bits per heavy atom. The summed E-state index contributed by atoms with van der Waals surface area (Å²) in [7, 11) is 0. The van der Waals surface area contributed by atoms with Gasteiger partial charge in [-0.15, -0.1) is 5.10 Å². The first-order chi connectivity index (χ1) is 9.72. The maximum atomic E-state index is 10.7. The highest BCUT2D eigenvalue weighted by atomic mass is 16.4. The molecule has 0 saturated heterocycles. The quantitative estimate of drug-likeness (QED) is 0.672. The molecule has 0 atom stereocenters. The van der Waals surface area contributed by atoms with Crippen LogP contribution < -0.4 is 5.32 Å². The van der Waals surface area contributed by atoms with E-state index in [1.165, 1.54) is 12.1 Å². The lowest BCUT2D eigenvalue weighted by Crippen LogP contribution is -1.97. The van der Waals surface area contributed by atoms with E-state index in [4.69, 9.17) is 9.52 Å². The predicted molar refractivity (Wildman–Crippen MR) is 70.8 cm³/mol. The van der Waals surface area contributed by atoms with Crippen LogP contribution in [0.25, 0.3) is 11.6 Å². The standard InChI is InChI=1S/C13H10N4O3/c18-12(19)8-3-5-9(6-4-8)14-13-15-11(16-17-13)10-2-1-7-20-10/h1-7H,(H,18,19)(H2,14,15,16,17). The van der Waals surface area contributed by atoms with Gasteiger partial charge in [-0.25, -0.2) is 4.79 Å². The normalized spacial score (nSPS) is 10.4. The molecule has 3 N–H and O–H groups in total. The van der Waals surface area contributed by atoms with Gasteiger partial charge in [-0.3, -0.25) is 5.10 Å². The first kappa shape index (κ1) is 12.0. The number of carbonyl (C=O) groups is 1. The molecular weight excluding hydrogens is 260 g/mol. The van der Waals surface area contributed by atoms with Gasteiger partial charge in [0.25, 0.3) is 0 Å². The van der Waals surface area contributed by atoms with Crippen LogP contribution in [0.15, 0.2) is 47.1 Å². The van der Waals surface area contributed by atoms with Crippen molar-refractivity contribution < 1.29 is 14.3 Å². The molecule has 3 rings (SSSR count). The van der Waals surface area contributed by atoms with Crippen molar-refractivity contribution in [2.24, 2.45) is 0 Å². The molecule has 3 aromatic rings. The third-order valence-corrected chi connectivity index (χ3v) is 2.63. The SMILES string of the molecule is O=C(O)c1ccc(Nc2n[nH]c(-c3ccco3)n2)cc1. The van der Waals surface area contributed by atoms with Crippen LogP contribution in [0.4, 0.5) is 11.6 Å². The van der Waals surface area contributed by atoms with Crippen molar-refractivity contribution in [2.45, 2.75) is 0 Å². The molecule has 20 heavy (non-hydrogen) atoms. The second kappa shape index (κ2) is 4.88. The zero-order valence-electron chi connectivity index (χ0n) is 10.2. The van der Waals surface area contributed by atoms with E-state index in [0.29, 0.717) is 23.2 Å². The van der Waals surface area contributed by atoms with Crippen LogP contribution in [0.5, 0.6) is 0 Å².